The molecule has 1 aromatic carbocycles. The zero-order valence-corrected chi connectivity index (χ0v) is 26.2. The number of hydrogen-bond acceptors (Lipinski definition) is 5. The number of carbonyl (C=O) groups is 4. The molecule has 8 nitrogen and oxygen atoms in total. The van der Waals surface area contributed by atoms with Gasteiger partial charge in [0.05, 0.1) is 28.9 Å². The summed E-state index contributed by atoms with van der Waals surface area (Å²) in [7, 11) is 0. The van der Waals surface area contributed by atoms with Gasteiger partial charge in [-0.15, -0.1) is 0 Å². The number of ether oxygens (including phenoxy) is 1. The minimum Gasteiger partial charge on any atom is -0.478 e. The van der Waals surface area contributed by atoms with Crippen LogP contribution in [0.3, 0.4) is 0 Å². The van der Waals surface area contributed by atoms with Crippen LogP contribution in [0.5, 0.6) is 0 Å². The molecular formula is C34H54O8. The molecule has 0 heterocycles. The van der Waals surface area contributed by atoms with Crippen LogP contribution in [0.15, 0.2) is 0 Å². The topological polar surface area (TPSA) is 138 Å². The van der Waals surface area contributed by atoms with E-state index < -0.39 is 40.6 Å². The van der Waals surface area contributed by atoms with Crippen molar-refractivity contribution in [3.8, 4) is 0 Å². The summed E-state index contributed by atoms with van der Waals surface area (Å²) in [4.78, 5) is 51.4. The highest BCUT2D eigenvalue weighted by molar-refractivity contribution is 6.12. The SMILES string of the molecule is CCCCCCCCOC(=O)c1c(CCCCCCCC)c(C(=O)O)c(C(=O)O)c(CCCCCCCC)c1C(=O)O. The third kappa shape index (κ3) is 12.5. The minimum absolute atomic E-state index is 0.0348. The second kappa shape index (κ2) is 21.8. The molecule has 0 aliphatic rings. The molecule has 0 bridgehead atoms. The van der Waals surface area contributed by atoms with Crippen LogP contribution < -0.4 is 0 Å². The fourth-order valence-corrected chi connectivity index (χ4v) is 5.57. The van der Waals surface area contributed by atoms with Crippen LogP contribution in [0.2, 0.25) is 0 Å². The van der Waals surface area contributed by atoms with Gasteiger partial charge in [-0.05, 0) is 43.2 Å². The molecule has 0 unspecified atom stereocenters. The Morgan fingerprint density at radius 2 is 0.762 bits per heavy atom. The van der Waals surface area contributed by atoms with E-state index in [1.165, 1.54) is 0 Å². The number of carboxylic acids is 3. The first-order valence-electron chi connectivity index (χ1n) is 16.3. The van der Waals surface area contributed by atoms with Crippen LogP contribution >= 0.6 is 0 Å². The van der Waals surface area contributed by atoms with Gasteiger partial charge >= 0.3 is 23.9 Å². The van der Waals surface area contributed by atoms with E-state index in [4.69, 9.17) is 4.74 Å². The number of hydrogen-bond donors (Lipinski definition) is 3. The van der Waals surface area contributed by atoms with E-state index >= 15 is 0 Å². The van der Waals surface area contributed by atoms with Crippen molar-refractivity contribution in [2.24, 2.45) is 0 Å². The highest BCUT2D eigenvalue weighted by Gasteiger charge is 2.35. The van der Waals surface area contributed by atoms with Gasteiger partial charge in [-0.2, -0.15) is 0 Å². The van der Waals surface area contributed by atoms with Gasteiger partial charge in [0.2, 0.25) is 0 Å². The zero-order chi connectivity index (χ0) is 31.3. The number of esters is 1. The normalized spacial score (nSPS) is 11.0. The fraction of sp³-hybridized carbons (Fsp3) is 0.706. The Morgan fingerprint density at radius 1 is 0.452 bits per heavy atom. The zero-order valence-electron chi connectivity index (χ0n) is 26.2. The average molecular weight is 591 g/mol. The average Bonchev–Trinajstić information content (AvgIpc) is 2.95. The molecule has 0 aromatic heterocycles. The van der Waals surface area contributed by atoms with Crippen molar-refractivity contribution in [3.63, 3.8) is 0 Å². The van der Waals surface area contributed by atoms with Gasteiger partial charge < -0.3 is 20.1 Å². The van der Waals surface area contributed by atoms with Gasteiger partial charge in [0.15, 0.2) is 0 Å². The molecule has 0 saturated heterocycles. The van der Waals surface area contributed by atoms with Crippen molar-refractivity contribution in [2.45, 2.75) is 149 Å². The largest absolute Gasteiger partial charge is 0.478 e. The number of unbranched alkanes of at least 4 members (excludes halogenated alkanes) is 15. The lowest BCUT2D eigenvalue weighted by atomic mass is 9.82. The van der Waals surface area contributed by atoms with Gasteiger partial charge in [0.1, 0.15) is 0 Å². The van der Waals surface area contributed by atoms with E-state index in [1.54, 1.807) is 0 Å². The molecule has 0 aliphatic carbocycles. The van der Waals surface area contributed by atoms with Crippen LogP contribution in [-0.4, -0.2) is 45.8 Å². The van der Waals surface area contributed by atoms with Gasteiger partial charge in [0.25, 0.3) is 0 Å². The van der Waals surface area contributed by atoms with Crippen molar-refractivity contribution in [1.29, 1.82) is 0 Å². The summed E-state index contributed by atoms with van der Waals surface area (Å²) in [5, 5.41) is 30.8. The molecule has 0 spiro atoms. The molecule has 0 fully saturated rings. The number of benzene rings is 1. The monoisotopic (exact) mass is 590 g/mol. The first kappa shape index (κ1) is 37.1. The summed E-state index contributed by atoms with van der Waals surface area (Å²) in [5.41, 5.74) is -1.82. The molecule has 1 aromatic rings. The van der Waals surface area contributed by atoms with Gasteiger partial charge in [-0.25, -0.2) is 19.2 Å². The molecule has 0 saturated carbocycles. The summed E-state index contributed by atoms with van der Waals surface area (Å²) in [6.07, 6.45) is 16.7. The summed E-state index contributed by atoms with van der Waals surface area (Å²) in [5.74, 6) is -5.29. The van der Waals surface area contributed by atoms with Gasteiger partial charge in [-0.3, -0.25) is 0 Å². The van der Waals surface area contributed by atoms with Crippen molar-refractivity contribution in [1.82, 2.24) is 0 Å². The number of aromatic carboxylic acids is 3. The summed E-state index contributed by atoms with van der Waals surface area (Å²) in [6.45, 7) is 6.43. The molecule has 0 aliphatic heterocycles. The van der Waals surface area contributed by atoms with Crippen LogP contribution in [0.4, 0.5) is 0 Å². The van der Waals surface area contributed by atoms with Crippen molar-refractivity contribution >= 4 is 23.9 Å². The lowest BCUT2D eigenvalue weighted by Gasteiger charge is -2.21. The smallest absolute Gasteiger partial charge is 0.339 e. The molecule has 0 radical (unpaired) electrons. The Hall–Kier alpha value is -2.90. The fourth-order valence-electron chi connectivity index (χ4n) is 5.57. The van der Waals surface area contributed by atoms with Crippen molar-refractivity contribution < 1.29 is 39.2 Å². The van der Waals surface area contributed by atoms with E-state index in [-0.39, 0.29) is 36.1 Å². The summed E-state index contributed by atoms with van der Waals surface area (Å²) in [6, 6.07) is 0. The molecule has 1 rings (SSSR count). The highest BCUT2D eigenvalue weighted by Crippen LogP contribution is 2.33. The molecule has 8 heteroatoms. The molecule has 42 heavy (non-hydrogen) atoms. The van der Waals surface area contributed by atoms with Crippen LogP contribution in [0.25, 0.3) is 0 Å². The predicted octanol–water partition coefficient (Wildman–Crippen LogP) is 9.10. The Kier molecular flexibility index (Phi) is 19.2. The first-order valence-corrected chi connectivity index (χ1v) is 16.3. The first-order chi connectivity index (χ1) is 20.2. The maximum atomic E-state index is 13.5. The van der Waals surface area contributed by atoms with Crippen LogP contribution in [0, 0.1) is 0 Å². The predicted molar refractivity (Wildman–Crippen MR) is 165 cm³/mol. The molecule has 238 valence electrons. The maximum Gasteiger partial charge on any atom is 0.339 e. The Bertz CT molecular complexity index is 998. The maximum absolute atomic E-state index is 13.5. The minimum atomic E-state index is -1.49. The Labute approximate surface area is 252 Å². The number of rotatable bonds is 25. The van der Waals surface area contributed by atoms with E-state index in [0.29, 0.717) is 19.3 Å². The second-order valence-electron chi connectivity index (χ2n) is 11.3. The number of carbonyl (C=O) groups excluding carboxylic acids is 1. The summed E-state index contributed by atoms with van der Waals surface area (Å²) >= 11 is 0. The van der Waals surface area contributed by atoms with E-state index in [2.05, 4.69) is 20.8 Å². The van der Waals surface area contributed by atoms with Gasteiger partial charge in [-0.1, -0.05) is 117 Å². The highest BCUT2D eigenvalue weighted by atomic mass is 16.5. The van der Waals surface area contributed by atoms with E-state index in [9.17, 15) is 34.5 Å². The molecular weight excluding hydrogens is 536 g/mol. The third-order valence-corrected chi connectivity index (χ3v) is 7.84. The van der Waals surface area contributed by atoms with Crippen molar-refractivity contribution in [3.05, 3.63) is 33.4 Å². The quantitative estimate of drug-likeness (QED) is 0.0757. The standard InChI is InChI=1S/C34H54O8/c1-4-7-10-13-16-19-22-25-27(31(35)36)28(32(37)38)26(23-20-17-14-11-8-5-2)30(29(25)33(39)40)34(41)42-24-21-18-15-12-9-6-3/h4-24H2,1-3H3,(H,35,36)(H,37,38)(H,39,40). The van der Waals surface area contributed by atoms with Crippen molar-refractivity contribution in [2.75, 3.05) is 6.61 Å². The van der Waals surface area contributed by atoms with Gasteiger partial charge in [0, 0.05) is 0 Å². The van der Waals surface area contributed by atoms with E-state index in [0.717, 1.165) is 96.3 Å². The summed E-state index contributed by atoms with van der Waals surface area (Å²) < 4.78 is 5.54. The lowest BCUT2D eigenvalue weighted by molar-refractivity contribution is 0.0484. The molecule has 0 atom stereocenters. The number of carboxylic acid groups (broad SMARTS) is 3. The lowest BCUT2D eigenvalue weighted by Crippen LogP contribution is -2.25. The molecule has 3 N–H and O–H groups in total. The third-order valence-electron chi connectivity index (χ3n) is 7.84. The Morgan fingerprint density at radius 3 is 1.14 bits per heavy atom. The van der Waals surface area contributed by atoms with E-state index in [1.807, 2.05) is 0 Å². The second-order valence-corrected chi connectivity index (χ2v) is 11.3. The molecule has 0 amide bonds. The van der Waals surface area contributed by atoms with Crippen LogP contribution in [-0.2, 0) is 17.6 Å². The van der Waals surface area contributed by atoms with Crippen LogP contribution in [0.1, 0.15) is 189 Å². The Balaban J connectivity index is 3.54.